The van der Waals surface area contributed by atoms with E-state index in [1.165, 1.54) is 32.1 Å². The Bertz CT molecular complexity index is 373. The molecule has 0 radical (unpaired) electrons. The molecule has 0 aromatic heterocycles. The molecule has 2 rings (SSSR count). The van der Waals surface area contributed by atoms with Gasteiger partial charge in [-0.1, -0.05) is 49.8 Å². The number of aliphatic hydroxyl groups excluding tert-OH is 1. The summed E-state index contributed by atoms with van der Waals surface area (Å²) in [6.07, 6.45) is 7.96. The topological polar surface area (TPSA) is 29.5 Å². The summed E-state index contributed by atoms with van der Waals surface area (Å²) in [5, 5.41) is 9.59. The molecule has 0 unspecified atom stereocenters. The summed E-state index contributed by atoms with van der Waals surface area (Å²) >= 11 is 6.09. The van der Waals surface area contributed by atoms with E-state index < -0.39 is 0 Å². The molecule has 0 amide bonds. The summed E-state index contributed by atoms with van der Waals surface area (Å²) in [4.78, 5) is 0. The molecule has 0 spiro atoms. The average molecular weight is 269 g/mol. The maximum absolute atomic E-state index is 9.00. The Hall–Kier alpha value is -0.730. The van der Waals surface area contributed by atoms with Crippen LogP contribution in [-0.4, -0.2) is 11.7 Å². The Balaban J connectivity index is 1.79. The first-order chi connectivity index (χ1) is 8.79. The highest BCUT2D eigenvalue weighted by atomic mass is 35.5. The van der Waals surface area contributed by atoms with Crippen LogP contribution in [0.4, 0.5) is 0 Å². The Kier molecular flexibility index (Phi) is 5.33. The molecule has 1 aliphatic rings. The number of benzene rings is 1. The summed E-state index contributed by atoms with van der Waals surface area (Å²) in [6.45, 7) is 0.755. The lowest BCUT2D eigenvalue weighted by Crippen LogP contribution is -2.10. The van der Waals surface area contributed by atoms with Gasteiger partial charge in [-0.15, -0.1) is 0 Å². The molecule has 0 aliphatic heterocycles. The molecule has 18 heavy (non-hydrogen) atoms. The van der Waals surface area contributed by atoms with Crippen LogP contribution in [0.1, 0.15) is 44.1 Å². The SMILES string of the molecule is OCc1ccc(OCCC2CCCCC2)c(Cl)c1. The van der Waals surface area contributed by atoms with Gasteiger partial charge in [0.1, 0.15) is 5.75 Å². The van der Waals surface area contributed by atoms with Crippen molar-refractivity contribution in [3.05, 3.63) is 28.8 Å². The van der Waals surface area contributed by atoms with Gasteiger partial charge in [0, 0.05) is 0 Å². The van der Waals surface area contributed by atoms with Crippen molar-refractivity contribution in [1.29, 1.82) is 0 Å². The summed E-state index contributed by atoms with van der Waals surface area (Å²) in [5.74, 6) is 1.55. The molecule has 1 aromatic carbocycles. The molecule has 0 heterocycles. The van der Waals surface area contributed by atoms with E-state index in [2.05, 4.69) is 0 Å². The van der Waals surface area contributed by atoms with Crippen molar-refractivity contribution < 1.29 is 9.84 Å². The highest BCUT2D eigenvalue weighted by Gasteiger charge is 2.13. The smallest absolute Gasteiger partial charge is 0.137 e. The molecule has 1 saturated carbocycles. The zero-order chi connectivity index (χ0) is 12.8. The van der Waals surface area contributed by atoms with Crippen molar-refractivity contribution in [1.82, 2.24) is 0 Å². The van der Waals surface area contributed by atoms with Crippen LogP contribution in [0, 0.1) is 5.92 Å². The van der Waals surface area contributed by atoms with Crippen molar-refractivity contribution in [3.63, 3.8) is 0 Å². The summed E-state index contributed by atoms with van der Waals surface area (Å²) in [5.41, 5.74) is 0.819. The summed E-state index contributed by atoms with van der Waals surface area (Å²) in [7, 11) is 0. The van der Waals surface area contributed by atoms with Crippen LogP contribution in [-0.2, 0) is 6.61 Å². The van der Waals surface area contributed by atoms with E-state index in [4.69, 9.17) is 21.4 Å². The molecule has 0 atom stereocenters. The van der Waals surface area contributed by atoms with Crippen molar-refractivity contribution >= 4 is 11.6 Å². The number of hydrogen-bond acceptors (Lipinski definition) is 2. The minimum Gasteiger partial charge on any atom is -0.492 e. The fraction of sp³-hybridized carbons (Fsp3) is 0.600. The minimum absolute atomic E-state index is 0.0159. The Morgan fingerprint density at radius 1 is 1.22 bits per heavy atom. The first-order valence-corrected chi connectivity index (χ1v) is 7.19. The van der Waals surface area contributed by atoms with Crippen LogP contribution in [0.5, 0.6) is 5.75 Å². The van der Waals surface area contributed by atoms with Crippen LogP contribution >= 0.6 is 11.6 Å². The van der Waals surface area contributed by atoms with Crippen molar-refractivity contribution in [2.75, 3.05) is 6.61 Å². The van der Waals surface area contributed by atoms with E-state index in [0.29, 0.717) is 5.02 Å². The largest absolute Gasteiger partial charge is 0.492 e. The molecule has 2 nitrogen and oxygen atoms in total. The maximum Gasteiger partial charge on any atom is 0.137 e. The van der Waals surface area contributed by atoms with Gasteiger partial charge in [0.25, 0.3) is 0 Å². The van der Waals surface area contributed by atoms with Gasteiger partial charge < -0.3 is 9.84 Å². The second-order valence-corrected chi connectivity index (χ2v) is 5.47. The van der Waals surface area contributed by atoms with E-state index in [1.807, 2.05) is 12.1 Å². The third-order valence-corrected chi connectivity index (χ3v) is 3.98. The molecular formula is C15H21ClO2. The Morgan fingerprint density at radius 2 is 2.00 bits per heavy atom. The van der Waals surface area contributed by atoms with Gasteiger partial charge >= 0.3 is 0 Å². The van der Waals surface area contributed by atoms with Gasteiger partial charge in [-0.05, 0) is 30.0 Å². The van der Waals surface area contributed by atoms with Gasteiger partial charge in [0.05, 0.1) is 18.2 Å². The summed E-state index contributed by atoms with van der Waals surface area (Å²) < 4.78 is 5.73. The standard InChI is InChI=1S/C15H21ClO2/c16-14-10-13(11-17)6-7-15(14)18-9-8-12-4-2-1-3-5-12/h6-7,10,12,17H,1-5,8-9,11H2. The van der Waals surface area contributed by atoms with E-state index in [0.717, 1.165) is 30.3 Å². The van der Waals surface area contributed by atoms with Gasteiger partial charge in [-0.2, -0.15) is 0 Å². The molecule has 1 aliphatic carbocycles. The van der Waals surface area contributed by atoms with Gasteiger partial charge in [-0.3, -0.25) is 0 Å². The lowest BCUT2D eigenvalue weighted by atomic mass is 9.87. The van der Waals surface area contributed by atoms with E-state index in [-0.39, 0.29) is 6.61 Å². The Labute approximate surface area is 114 Å². The quantitative estimate of drug-likeness (QED) is 0.868. The number of aliphatic hydroxyl groups is 1. The highest BCUT2D eigenvalue weighted by Crippen LogP contribution is 2.28. The van der Waals surface area contributed by atoms with Crippen molar-refractivity contribution in [3.8, 4) is 5.75 Å². The fourth-order valence-corrected chi connectivity index (χ4v) is 2.83. The molecule has 1 fully saturated rings. The van der Waals surface area contributed by atoms with Gasteiger partial charge in [-0.25, -0.2) is 0 Å². The number of hydrogen-bond donors (Lipinski definition) is 1. The monoisotopic (exact) mass is 268 g/mol. The Morgan fingerprint density at radius 3 is 2.67 bits per heavy atom. The molecule has 0 saturated heterocycles. The second-order valence-electron chi connectivity index (χ2n) is 5.06. The van der Waals surface area contributed by atoms with Crippen LogP contribution in [0.25, 0.3) is 0 Å². The zero-order valence-corrected chi connectivity index (χ0v) is 11.5. The van der Waals surface area contributed by atoms with Crippen LogP contribution in [0.2, 0.25) is 5.02 Å². The number of ether oxygens (including phenoxy) is 1. The van der Waals surface area contributed by atoms with E-state index >= 15 is 0 Å². The zero-order valence-electron chi connectivity index (χ0n) is 10.7. The van der Waals surface area contributed by atoms with E-state index in [9.17, 15) is 0 Å². The normalized spacial score (nSPS) is 16.8. The molecule has 1 N–H and O–H groups in total. The summed E-state index contributed by atoms with van der Waals surface area (Å²) in [6, 6.07) is 5.45. The average Bonchev–Trinajstić information content (AvgIpc) is 2.42. The van der Waals surface area contributed by atoms with Crippen molar-refractivity contribution in [2.24, 2.45) is 5.92 Å². The third-order valence-electron chi connectivity index (χ3n) is 3.69. The molecular weight excluding hydrogens is 248 g/mol. The van der Waals surface area contributed by atoms with E-state index in [1.54, 1.807) is 6.07 Å². The minimum atomic E-state index is 0.0159. The van der Waals surface area contributed by atoms with Gasteiger partial charge in [0.2, 0.25) is 0 Å². The predicted molar refractivity (Wildman–Crippen MR) is 74.1 cm³/mol. The van der Waals surface area contributed by atoms with Gasteiger partial charge in [0.15, 0.2) is 0 Å². The van der Waals surface area contributed by atoms with Crippen molar-refractivity contribution in [2.45, 2.75) is 45.1 Å². The highest BCUT2D eigenvalue weighted by molar-refractivity contribution is 6.32. The van der Waals surface area contributed by atoms with Crippen LogP contribution in [0.3, 0.4) is 0 Å². The first kappa shape index (κ1) is 13.7. The van der Waals surface area contributed by atoms with Crippen LogP contribution < -0.4 is 4.74 Å². The lowest BCUT2D eigenvalue weighted by Gasteiger charge is -2.21. The molecule has 0 bridgehead atoms. The maximum atomic E-state index is 9.00. The third kappa shape index (κ3) is 3.89. The second kappa shape index (κ2) is 7.01. The predicted octanol–water partition coefficient (Wildman–Crippen LogP) is 4.18. The van der Waals surface area contributed by atoms with Crippen LogP contribution in [0.15, 0.2) is 18.2 Å². The number of rotatable bonds is 5. The lowest BCUT2D eigenvalue weighted by molar-refractivity contribution is 0.246. The molecule has 100 valence electrons. The first-order valence-electron chi connectivity index (χ1n) is 6.81. The fourth-order valence-electron chi connectivity index (χ4n) is 2.57. The molecule has 1 aromatic rings. The molecule has 3 heteroatoms. The number of halogens is 1.